The Morgan fingerprint density at radius 2 is 1.45 bits per heavy atom. The van der Waals surface area contributed by atoms with Gasteiger partial charge in [0.25, 0.3) is 5.12 Å². The van der Waals surface area contributed by atoms with Crippen LogP contribution in [0.4, 0.5) is 11.4 Å². The SMILES string of the molecule is Cc1ccc(N=C2SC(=O)C(=O)/C2=C(/Nc2ccccc2)c2ccccc2)cc1. The van der Waals surface area contributed by atoms with Gasteiger partial charge < -0.3 is 5.32 Å². The number of nitrogens with zero attached hydrogens (tertiary/aromatic N) is 1. The van der Waals surface area contributed by atoms with Crippen LogP contribution in [0.1, 0.15) is 11.1 Å². The number of hydrogen-bond donors (Lipinski definition) is 1. The van der Waals surface area contributed by atoms with E-state index >= 15 is 0 Å². The second kappa shape index (κ2) is 8.29. The van der Waals surface area contributed by atoms with Gasteiger partial charge >= 0.3 is 0 Å². The summed E-state index contributed by atoms with van der Waals surface area (Å²) >= 11 is 0.878. The summed E-state index contributed by atoms with van der Waals surface area (Å²) in [7, 11) is 0. The van der Waals surface area contributed by atoms with Crippen LogP contribution in [-0.4, -0.2) is 15.9 Å². The molecular weight excluding hydrogens is 380 g/mol. The zero-order valence-electron chi connectivity index (χ0n) is 15.8. The second-order valence-electron chi connectivity index (χ2n) is 6.58. The summed E-state index contributed by atoms with van der Waals surface area (Å²) in [6, 6.07) is 26.7. The first-order valence-corrected chi connectivity index (χ1v) is 9.97. The molecule has 142 valence electrons. The lowest BCUT2D eigenvalue weighted by molar-refractivity contribution is -0.128. The Balaban J connectivity index is 1.88. The number of nitrogens with one attached hydrogen (secondary N) is 1. The molecule has 0 unspecified atom stereocenters. The average Bonchev–Trinajstić information content (AvgIpc) is 3.02. The molecule has 0 saturated carbocycles. The normalized spacial score (nSPS) is 16.9. The van der Waals surface area contributed by atoms with Gasteiger partial charge in [-0.3, -0.25) is 9.59 Å². The van der Waals surface area contributed by atoms with Crippen molar-refractivity contribution in [3.63, 3.8) is 0 Å². The zero-order chi connectivity index (χ0) is 20.2. The molecule has 4 rings (SSSR count). The van der Waals surface area contributed by atoms with Gasteiger partial charge in [-0.2, -0.15) is 0 Å². The highest BCUT2D eigenvalue weighted by molar-refractivity contribution is 8.29. The number of para-hydroxylation sites is 1. The zero-order valence-corrected chi connectivity index (χ0v) is 16.6. The Kier molecular flexibility index (Phi) is 5.40. The maximum absolute atomic E-state index is 12.8. The van der Waals surface area contributed by atoms with E-state index in [1.165, 1.54) is 0 Å². The van der Waals surface area contributed by atoms with Crippen LogP contribution in [0.15, 0.2) is 95.5 Å². The monoisotopic (exact) mass is 398 g/mol. The van der Waals surface area contributed by atoms with Crippen molar-refractivity contribution in [3.8, 4) is 0 Å². The second-order valence-corrected chi connectivity index (χ2v) is 7.54. The largest absolute Gasteiger partial charge is 0.354 e. The molecule has 5 heteroatoms. The average molecular weight is 398 g/mol. The first-order valence-electron chi connectivity index (χ1n) is 9.16. The lowest BCUT2D eigenvalue weighted by Crippen LogP contribution is -2.13. The van der Waals surface area contributed by atoms with Crippen LogP contribution < -0.4 is 5.32 Å². The predicted octanol–water partition coefficient (Wildman–Crippen LogP) is 5.39. The summed E-state index contributed by atoms with van der Waals surface area (Å²) in [6.07, 6.45) is 0. The summed E-state index contributed by atoms with van der Waals surface area (Å²) in [6.45, 7) is 2.00. The number of rotatable bonds is 4. The molecule has 0 aliphatic carbocycles. The molecule has 1 N–H and O–H groups in total. The molecule has 1 aliphatic rings. The number of hydrogen-bond acceptors (Lipinski definition) is 5. The fraction of sp³-hybridized carbons (Fsp3) is 0.0417. The van der Waals surface area contributed by atoms with Gasteiger partial charge in [0.1, 0.15) is 5.04 Å². The van der Waals surface area contributed by atoms with E-state index in [9.17, 15) is 9.59 Å². The third-order valence-corrected chi connectivity index (χ3v) is 5.30. The van der Waals surface area contributed by atoms with Crippen LogP contribution in [0.25, 0.3) is 5.70 Å². The molecule has 0 atom stereocenters. The molecular formula is C24H18N2O2S. The Morgan fingerprint density at radius 3 is 2.10 bits per heavy atom. The number of benzene rings is 3. The molecule has 0 spiro atoms. The van der Waals surface area contributed by atoms with Gasteiger partial charge in [-0.25, -0.2) is 4.99 Å². The fourth-order valence-corrected chi connectivity index (χ4v) is 3.79. The number of aryl methyl sites for hydroxylation is 1. The molecule has 1 fully saturated rings. The first-order chi connectivity index (χ1) is 14.1. The minimum absolute atomic E-state index is 0.302. The lowest BCUT2D eigenvalue weighted by Gasteiger charge is -2.14. The van der Waals surface area contributed by atoms with E-state index in [-0.39, 0.29) is 0 Å². The molecule has 1 saturated heterocycles. The molecule has 3 aromatic carbocycles. The van der Waals surface area contributed by atoms with Crippen LogP contribution in [0, 0.1) is 6.92 Å². The highest BCUT2D eigenvalue weighted by Crippen LogP contribution is 2.34. The topological polar surface area (TPSA) is 58.5 Å². The van der Waals surface area contributed by atoms with E-state index < -0.39 is 10.9 Å². The van der Waals surface area contributed by atoms with Crippen LogP contribution in [-0.2, 0) is 9.59 Å². The lowest BCUT2D eigenvalue weighted by atomic mass is 10.0. The summed E-state index contributed by atoms with van der Waals surface area (Å²) in [5.74, 6) is -0.539. The third-order valence-electron chi connectivity index (χ3n) is 4.44. The van der Waals surface area contributed by atoms with Crippen LogP contribution >= 0.6 is 11.8 Å². The highest BCUT2D eigenvalue weighted by Gasteiger charge is 2.37. The van der Waals surface area contributed by atoms with Gasteiger partial charge in [0.05, 0.1) is 17.0 Å². The summed E-state index contributed by atoms with van der Waals surface area (Å²) in [5, 5.41) is 3.21. The van der Waals surface area contributed by atoms with Crippen LogP contribution in [0.3, 0.4) is 0 Å². The van der Waals surface area contributed by atoms with E-state index in [0.29, 0.717) is 22.0 Å². The number of thioether (sulfide) groups is 1. The summed E-state index contributed by atoms with van der Waals surface area (Å²) in [5.41, 5.74) is 4.33. The molecule has 4 nitrogen and oxygen atoms in total. The summed E-state index contributed by atoms with van der Waals surface area (Å²) < 4.78 is 0. The van der Waals surface area contributed by atoms with Crippen molar-refractivity contribution in [2.75, 3.05) is 5.32 Å². The number of carbonyl (C=O) groups is 2. The Morgan fingerprint density at radius 1 is 0.828 bits per heavy atom. The summed E-state index contributed by atoms with van der Waals surface area (Å²) in [4.78, 5) is 29.7. The van der Waals surface area contributed by atoms with Crippen LogP contribution in [0.5, 0.6) is 0 Å². The standard InChI is InChI=1S/C24H18N2O2S/c1-16-12-14-19(15-13-16)26-23-20(22(27)24(28)29-23)21(17-8-4-2-5-9-17)25-18-10-6-3-7-11-18/h2-15,25H,1H3/b21-20-,26-23?. The molecule has 1 aliphatic heterocycles. The Hall–Kier alpha value is -3.44. The third kappa shape index (κ3) is 4.20. The molecule has 1 heterocycles. The number of carbonyl (C=O) groups excluding carboxylic acids is 2. The maximum Gasteiger partial charge on any atom is 0.266 e. The quantitative estimate of drug-likeness (QED) is 0.473. The minimum atomic E-state index is -0.539. The van der Waals surface area contributed by atoms with Gasteiger partial charge in [-0.1, -0.05) is 66.2 Å². The minimum Gasteiger partial charge on any atom is -0.354 e. The fourth-order valence-electron chi connectivity index (χ4n) is 2.97. The smallest absolute Gasteiger partial charge is 0.266 e. The predicted molar refractivity (Wildman–Crippen MR) is 119 cm³/mol. The van der Waals surface area contributed by atoms with Crippen molar-refractivity contribution in [2.45, 2.75) is 6.92 Å². The molecule has 0 bridgehead atoms. The van der Waals surface area contributed by atoms with E-state index in [1.54, 1.807) is 0 Å². The molecule has 0 amide bonds. The molecule has 0 aromatic heterocycles. The van der Waals surface area contributed by atoms with Crippen molar-refractivity contribution >= 4 is 44.8 Å². The van der Waals surface area contributed by atoms with Crippen molar-refractivity contribution in [1.82, 2.24) is 0 Å². The molecule has 0 radical (unpaired) electrons. The maximum atomic E-state index is 12.8. The van der Waals surface area contributed by atoms with Gasteiger partial charge in [0.15, 0.2) is 0 Å². The molecule has 29 heavy (non-hydrogen) atoms. The van der Waals surface area contributed by atoms with Crippen molar-refractivity contribution in [3.05, 3.63) is 102 Å². The van der Waals surface area contributed by atoms with Gasteiger partial charge in [-0.05, 0) is 48.5 Å². The van der Waals surface area contributed by atoms with Gasteiger partial charge in [-0.15, -0.1) is 0 Å². The van der Waals surface area contributed by atoms with E-state index in [0.717, 1.165) is 28.6 Å². The Bertz CT molecular complexity index is 1120. The van der Waals surface area contributed by atoms with E-state index in [2.05, 4.69) is 10.3 Å². The van der Waals surface area contributed by atoms with Gasteiger partial charge in [0.2, 0.25) is 5.78 Å². The van der Waals surface area contributed by atoms with Crippen molar-refractivity contribution in [2.24, 2.45) is 4.99 Å². The van der Waals surface area contributed by atoms with Crippen LogP contribution in [0.2, 0.25) is 0 Å². The van der Waals surface area contributed by atoms with Crippen molar-refractivity contribution < 1.29 is 9.59 Å². The number of ketones is 1. The first kappa shape index (κ1) is 18.9. The van der Waals surface area contributed by atoms with Crippen molar-refractivity contribution in [1.29, 1.82) is 0 Å². The highest BCUT2D eigenvalue weighted by atomic mass is 32.2. The van der Waals surface area contributed by atoms with E-state index in [1.807, 2.05) is 91.9 Å². The number of anilines is 1. The number of Topliss-reactive ketones (excluding diaryl/α,β-unsaturated/α-hetero) is 1. The molecule has 3 aromatic rings. The Labute approximate surface area is 173 Å². The number of aliphatic imine (C=N–C) groups is 1. The van der Waals surface area contributed by atoms with E-state index in [4.69, 9.17) is 0 Å². The van der Waals surface area contributed by atoms with Gasteiger partial charge in [0, 0.05) is 5.69 Å².